The fourth-order valence-corrected chi connectivity index (χ4v) is 7.12. The second-order valence-corrected chi connectivity index (χ2v) is 13.8. The molecule has 9 rings (SSSR count). The predicted octanol–water partition coefficient (Wildman–Crippen LogP) is 9.52. The topological polar surface area (TPSA) is 142 Å². The van der Waals surface area contributed by atoms with E-state index in [1.807, 2.05) is 0 Å². The zero-order valence-electron chi connectivity index (χ0n) is 32.4. The lowest BCUT2D eigenvalue weighted by molar-refractivity contribution is 0.0688. The molecule has 1 aliphatic rings. The minimum atomic E-state index is -0.952. The number of esters is 4. The summed E-state index contributed by atoms with van der Waals surface area (Å²) in [4.78, 5) is 57.7. The van der Waals surface area contributed by atoms with Crippen LogP contribution in [0.5, 0.6) is 46.0 Å². The highest BCUT2D eigenvalue weighted by Gasteiger charge is 2.29. The van der Waals surface area contributed by atoms with E-state index in [0.29, 0.717) is 66.1 Å². The van der Waals surface area contributed by atoms with E-state index >= 15 is 0 Å². The number of rotatable bonds is 4. The third kappa shape index (κ3) is 6.85. The maximum absolute atomic E-state index is 14.4. The SMILES string of the molecule is COc1ccc2cc3c(cc2c1)C(=O)Oc1cc2ccc(OC)cc2cc1C(=O)Oc1cc2ccc(OC)cc2cc1C(=O)Oc1cc2ccc(OC)cc2cc1C(=O)O3. The van der Waals surface area contributed by atoms with Crippen LogP contribution in [0.15, 0.2) is 121 Å². The minimum Gasteiger partial charge on any atom is -0.497 e. The van der Waals surface area contributed by atoms with E-state index in [4.69, 9.17) is 37.9 Å². The zero-order chi connectivity index (χ0) is 41.7. The van der Waals surface area contributed by atoms with Crippen LogP contribution in [0.3, 0.4) is 0 Å². The predicted molar refractivity (Wildman–Crippen MR) is 222 cm³/mol. The molecule has 296 valence electrons. The van der Waals surface area contributed by atoms with Gasteiger partial charge in [-0.15, -0.1) is 0 Å². The van der Waals surface area contributed by atoms with Gasteiger partial charge in [-0.05, 0) is 140 Å². The van der Waals surface area contributed by atoms with Crippen molar-refractivity contribution in [3.8, 4) is 46.0 Å². The van der Waals surface area contributed by atoms with Crippen LogP contribution < -0.4 is 37.9 Å². The molecule has 60 heavy (non-hydrogen) atoms. The summed E-state index contributed by atoms with van der Waals surface area (Å²) in [6.07, 6.45) is 0. The van der Waals surface area contributed by atoms with E-state index in [1.54, 1.807) is 72.8 Å². The summed E-state index contributed by atoms with van der Waals surface area (Å²) in [5.41, 5.74) is -0.616. The summed E-state index contributed by atoms with van der Waals surface area (Å²) >= 11 is 0. The Morgan fingerprint density at radius 3 is 0.700 bits per heavy atom. The van der Waals surface area contributed by atoms with Crippen molar-refractivity contribution in [1.82, 2.24) is 0 Å². The monoisotopic (exact) mass is 800 g/mol. The van der Waals surface area contributed by atoms with Gasteiger partial charge in [0.2, 0.25) is 0 Å². The van der Waals surface area contributed by atoms with Gasteiger partial charge >= 0.3 is 23.9 Å². The average Bonchev–Trinajstić information content (AvgIpc) is 3.26. The first-order chi connectivity index (χ1) is 29.1. The van der Waals surface area contributed by atoms with Crippen LogP contribution in [0.1, 0.15) is 41.4 Å². The van der Waals surface area contributed by atoms with Gasteiger partial charge in [0, 0.05) is 0 Å². The molecule has 0 atom stereocenters. The molecule has 1 aliphatic heterocycles. The fraction of sp³-hybridized carbons (Fsp3) is 0.0833. The van der Waals surface area contributed by atoms with Crippen LogP contribution in [0, 0.1) is 0 Å². The van der Waals surface area contributed by atoms with Gasteiger partial charge in [0.15, 0.2) is 0 Å². The number of methoxy groups -OCH3 is 4. The quantitative estimate of drug-likeness (QED) is 0.124. The smallest absolute Gasteiger partial charge is 0.347 e. The van der Waals surface area contributed by atoms with E-state index in [2.05, 4.69) is 0 Å². The number of ether oxygens (including phenoxy) is 8. The summed E-state index contributed by atoms with van der Waals surface area (Å²) < 4.78 is 45.9. The molecule has 0 saturated carbocycles. The van der Waals surface area contributed by atoms with Crippen LogP contribution in [-0.2, 0) is 0 Å². The van der Waals surface area contributed by atoms with Crippen molar-refractivity contribution in [2.75, 3.05) is 28.4 Å². The molecule has 8 aromatic rings. The molecule has 0 N–H and O–H groups in total. The Balaban J connectivity index is 1.28. The van der Waals surface area contributed by atoms with Gasteiger partial charge in [0.25, 0.3) is 0 Å². The lowest BCUT2D eigenvalue weighted by atomic mass is 10.0. The third-order valence-electron chi connectivity index (χ3n) is 10.3. The van der Waals surface area contributed by atoms with Gasteiger partial charge in [-0.3, -0.25) is 0 Å². The molecule has 0 bridgehead atoms. The lowest BCUT2D eigenvalue weighted by Crippen LogP contribution is -2.20. The van der Waals surface area contributed by atoms with Crippen LogP contribution in [0.4, 0.5) is 0 Å². The number of hydrogen-bond acceptors (Lipinski definition) is 12. The number of benzene rings is 8. The summed E-state index contributed by atoms with van der Waals surface area (Å²) in [6.45, 7) is 0. The van der Waals surface area contributed by atoms with Gasteiger partial charge in [-0.25, -0.2) is 19.2 Å². The molecular formula is C48H32O12. The molecular weight excluding hydrogens is 769 g/mol. The maximum Gasteiger partial charge on any atom is 0.347 e. The largest absolute Gasteiger partial charge is 0.497 e. The molecule has 0 amide bonds. The molecule has 12 heteroatoms. The molecule has 0 aliphatic carbocycles. The molecule has 0 unspecified atom stereocenters. The standard InChI is InChI=1S/C48H32O12/c1-53-33-9-5-25-21-41-37(17-29(25)13-33)45(49)58-42-22-26-6-10-34(54-2)14-30(26)18-38(42)47(51)60-44-24-28-8-12-36(56-4)16-32(28)20-40(44)48(52)59-43-23-27-7-11-35(55-3)15-31(27)19-39(43)46(50)57-41/h5-24H,1-4H3. The van der Waals surface area contributed by atoms with Crippen molar-refractivity contribution >= 4 is 67.0 Å². The number of fused-ring (bicyclic) bond motifs is 8. The van der Waals surface area contributed by atoms with Crippen LogP contribution in [-0.4, -0.2) is 52.3 Å². The molecule has 0 fully saturated rings. The first kappa shape index (κ1) is 37.5. The van der Waals surface area contributed by atoms with Crippen LogP contribution in [0.2, 0.25) is 0 Å². The highest BCUT2D eigenvalue weighted by molar-refractivity contribution is 6.08. The Kier molecular flexibility index (Phi) is 9.36. The molecule has 0 aromatic heterocycles. The van der Waals surface area contributed by atoms with Gasteiger partial charge in [0.05, 0.1) is 28.4 Å². The second kappa shape index (κ2) is 15.0. The highest BCUT2D eigenvalue weighted by atomic mass is 16.6. The Bertz CT molecular complexity index is 2710. The van der Waals surface area contributed by atoms with Crippen LogP contribution >= 0.6 is 0 Å². The Morgan fingerprint density at radius 1 is 0.283 bits per heavy atom. The van der Waals surface area contributed by atoms with Crippen molar-refractivity contribution in [2.24, 2.45) is 0 Å². The van der Waals surface area contributed by atoms with Crippen LogP contribution in [0.25, 0.3) is 43.1 Å². The Labute approximate surface area is 341 Å². The van der Waals surface area contributed by atoms with Crippen molar-refractivity contribution < 1.29 is 57.1 Å². The van der Waals surface area contributed by atoms with E-state index < -0.39 is 23.9 Å². The minimum absolute atomic E-state index is 0.154. The van der Waals surface area contributed by atoms with Gasteiger partial charge in [0.1, 0.15) is 68.2 Å². The third-order valence-corrected chi connectivity index (χ3v) is 10.3. The van der Waals surface area contributed by atoms with Gasteiger partial charge < -0.3 is 37.9 Å². The van der Waals surface area contributed by atoms with E-state index in [1.165, 1.54) is 77.0 Å². The average molecular weight is 801 g/mol. The van der Waals surface area contributed by atoms with E-state index in [0.717, 1.165) is 0 Å². The zero-order valence-corrected chi connectivity index (χ0v) is 32.4. The normalized spacial score (nSPS) is 13.0. The molecule has 1 heterocycles. The summed E-state index contributed by atoms with van der Waals surface area (Å²) in [6, 6.07) is 32.7. The number of carbonyl (C=O) groups excluding carboxylic acids is 4. The number of carbonyl (C=O) groups is 4. The summed E-state index contributed by atoms with van der Waals surface area (Å²) in [5.74, 6) is -2.42. The lowest BCUT2D eigenvalue weighted by Gasteiger charge is -2.18. The first-order valence-corrected chi connectivity index (χ1v) is 18.5. The first-order valence-electron chi connectivity index (χ1n) is 18.5. The molecule has 0 spiro atoms. The maximum atomic E-state index is 14.4. The summed E-state index contributed by atoms with van der Waals surface area (Å²) in [7, 11) is 6.05. The van der Waals surface area contributed by atoms with Gasteiger partial charge in [-0.1, -0.05) is 24.3 Å². The summed E-state index contributed by atoms with van der Waals surface area (Å²) in [5, 5.41) is 4.66. The molecule has 8 aromatic carbocycles. The van der Waals surface area contributed by atoms with Crippen molar-refractivity contribution in [2.45, 2.75) is 0 Å². The van der Waals surface area contributed by atoms with Crippen molar-refractivity contribution in [3.05, 3.63) is 144 Å². The van der Waals surface area contributed by atoms with Crippen molar-refractivity contribution in [3.63, 3.8) is 0 Å². The Hall–Kier alpha value is -8.12. The molecule has 12 nitrogen and oxygen atoms in total. The highest BCUT2D eigenvalue weighted by Crippen LogP contribution is 2.38. The van der Waals surface area contributed by atoms with E-state index in [-0.39, 0.29) is 45.3 Å². The fourth-order valence-electron chi connectivity index (χ4n) is 7.12. The molecule has 0 saturated heterocycles. The van der Waals surface area contributed by atoms with Gasteiger partial charge in [-0.2, -0.15) is 0 Å². The molecule has 0 radical (unpaired) electrons. The van der Waals surface area contributed by atoms with E-state index in [9.17, 15) is 19.2 Å². The van der Waals surface area contributed by atoms with Crippen molar-refractivity contribution in [1.29, 1.82) is 0 Å². The second-order valence-electron chi connectivity index (χ2n) is 13.8. The Morgan fingerprint density at radius 2 is 0.500 bits per heavy atom. The number of hydrogen-bond donors (Lipinski definition) is 0.